The van der Waals surface area contributed by atoms with Crippen molar-refractivity contribution in [1.29, 1.82) is 0 Å². The molecule has 4 rings (SSSR count). The van der Waals surface area contributed by atoms with Crippen molar-refractivity contribution in [3.8, 4) is 5.75 Å². The van der Waals surface area contributed by atoms with Gasteiger partial charge in [0.2, 0.25) is 17.9 Å². The minimum absolute atomic E-state index is 0.105. The van der Waals surface area contributed by atoms with E-state index in [0.29, 0.717) is 0 Å². The highest BCUT2D eigenvalue weighted by molar-refractivity contribution is 7.52. The fraction of sp³-hybridized carbons (Fsp3) is 0.522. The number of esters is 1. The molecule has 2 aromatic rings. The first-order valence-electron chi connectivity index (χ1n) is 12.1. The van der Waals surface area contributed by atoms with Gasteiger partial charge in [-0.15, -0.1) is 0 Å². The van der Waals surface area contributed by atoms with Crippen LogP contribution in [0.15, 0.2) is 41.3 Å². The van der Waals surface area contributed by atoms with Gasteiger partial charge < -0.3 is 24.5 Å². The molecule has 1 saturated carbocycles. The molecular formula is C23H31FN4O8P+. The summed E-state index contributed by atoms with van der Waals surface area (Å²) in [5.74, 6) is -1.55. The van der Waals surface area contributed by atoms with Crippen molar-refractivity contribution >= 4 is 19.5 Å². The number of carbonyl (C=O) groups is 1. The molecule has 4 N–H and O–H groups in total. The molecule has 2 aliphatic rings. The van der Waals surface area contributed by atoms with Crippen molar-refractivity contribution in [3.63, 3.8) is 0 Å². The Kier molecular flexibility index (Phi) is 8.93. The molecule has 0 unspecified atom stereocenters. The zero-order chi connectivity index (χ0) is 26.4. The first-order valence-corrected chi connectivity index (χ1v) is 13.6. The molecule has 14 heteroatoms. The Bertz CT molecular complexity index is 1180. The molecular weight excluding hydrogens is 510 g/mol. The summed E-state index contributed by atoms with van der Waals surface area (Å²) in [7, 11) is -4.13. The molecule has 0 radical (unpaired) electrons. The van der Waals surface area contributed by atoms with Gasteiger partial charge in [0, 0.05) is 0 Å². The van der Waals surface area contributed by atoms with Gasteiger partial charge in [-0.05, 0) is 44.7 Å². The van der Waals surface area contributed by atoms with E-state index in [1.807, 2.05) is 0 Å². The topological polar surface area (TPSA) is 155 Å². The maximum Gasteiger partial charge on any atom is 0.499 e. The van der Waals surface area contributed by atoms with Crippen LogP contribution >= 0.6 is 7.75 Å². The van der Waals surface area contributed by atoms with Crippen LogP contribution in [-0.4, -0.2) is 42.6 Å². The first kappa shape index (κ1) is 27.2. The number of hydrogen-bond acceptors (Lipinski definition) is 9. The number of aromatic amines is 1. The zero-order valence-corrected chi connectivity index (χ0v) is 21.2. The number of nitrogens with one attached hydrogen (secondary N) is 2. The largest absolute Gasteiger partial charge is 0.499 e. The van der Waals surface area contributed by atoms with Gasteiger partial charge in [0.05, 0.1) is 0 Å². The molecule has 0 spiro atoms. The lowest BCUT2D eigenvalue weighted by Gasteiger charge is -2.26. The standard InChI is InChI=1S/C23H30FN4O8P/c1-15(22(29)34-16-8-4-2-5-9-16)27-37(31,36-17-10-6-3-7-11-17)33-14-20-32-13-19(35-20)28-12-18(24)21(25)26-23(28)30/h3,6-7,10-12,15-16,19-20H,2,4-5,8-9,13-14H2,1H3,(H3,25,26,27,30,31)/p+1/t15-,19-,20-,37-/m0/s1. The minimum Gasteiger partial charge on any atom is -0.461 e. The number of para-hydroxylation sites is 1. The van der Waals surface area contributed by atoms with E-state index in [4.69, 9.17) is 29.0 Å². The summed E-state index contributed by atoms with van der Waals surface area (Å²) in [4.78, 5) is 26.9. The molecule has 1 aromatic heterocycles. The number of hydrogen-bond donors (Lipinski definition) is 3. The number of rotatable bonds is 10. The van der Waals surface area contributed by atoms with E-state index in [1.54, 1.807) is 30.3 Å². The number of ether oxygens (including phenoxy) is 3. The fourth-order valence-corrected chi connectivity index (χ4v) is 5.47. The number of nitrogen functional groups attached to an aromatic ring is 1. The number of anilines is 1. The van der Waals surface area contributed by atoms with Crippen LogP contribution in [-0.2, 0) is 28.1 Å². The molecule has 2 heterocycles. The Morgan fingerprint density at radius 2 is 2.03 bits per heavy atom. The second kappa shape index (κ2) is 12.1. The van der Waals surface area contributed by atoms with Crippen molar-refractivity contribution in [2.75, 3.05) is 18.9 Å². The van der Waals surface area contributed by atoms with Gasteiger partial charge in [-0.1, -0.05) is 24.6 Å². The molecule has 12 nitrogen and oxygen atoms in total. The van der Waals surface area contributed by atoms with Crippen LogP contribution in [0.1, 0.15) is 45.3 Å². The van der Waals surface area contributed by atoms with Crippen molar-refractivity contribution in [1.82, 2.24) is 10.1 Å². The SMILES string of the molecule is C[C@H](N[P@](=O)(OC[C@H]1OC[C@@H]([n+]2cc(F)c(N)[nH]c2=O)O1)Oc1ccccc1)C(=O)OC1CCCCC1. The highest BCUT2D eigenvalue weighted by Crippen LogP contribution is 2.45. The van der Waals surface area contributed by atoms with Crippen LogP contribution in [0.5, 0.6) is 5.75 Å². The second-order valence-corrected chi connectivity index (χ2v) is 10.5. The maximum atomic E-state index is 13.8. The number of nitrogens with two attached hydrogens (primary N) is 1. The quantitative estimate of drug-likeness (QED) is 0.232. The van der Waals surface area contributed by atoms with Crippen LogP contribution in [0.4, 0.5) is 10.2 Å². The zero-order valence-electron chi connectivity index (χ0n) is 20.3. The number of benzene rings is 1. The fourth-order valence-electron chi connectivity index (χ4n) is 3.99. The van der Waals surface area contributed by atoms with Crippen molar-refractivity contribution < 1.29 is 41.6 Å². The molecule has 1 aromatic carbocycles. The highest BCUT2D eigenvalue weighted by Gasteiger charge is 2.38. The highest BCUT2D eigenvalue weighted by atomic mass is 31.2. The molecule has 202 valence electrons. The van der Waals surface area contributed by atoms with Crippen LogP contribution in [0, 0.1) is 5.82 Å². The summed E-state index contributed by atoms with van der Waals surface area (Å²) in [6, 6.07) is 7.31. The minimum atomic E-state index is -4.13. The van der Waals surface area contributed by atoms with Crippen LogP contribution in [0.3, 0.4) is 0 Å². The second-order valence-electron chi connectivity index (χ2n) is 8.83. The van der Waals surface area contributed by atoms with E-state index in [9.17, 15) is 18.5 Å². The average molecular weight is 541 g/mol. The summed E-state index contributed by atoms with van der Waals surface area (Å²) in [5.41, 5.74) is 4.67. The normalized spacial score (nSPS) is 22.8. The molecule has 0 bridgehead atoms. The molecule has 1 aliphatic heterocycles. The molecule has 37 heavy (non-hydrogen) atoms. The lowest BCUT2D eigenvalue weighted by atomic mass is 9.98. The third-order valence-corrected chi connectivity index (χ3v) is 7.56. The van der Waals surface area contributed by atoms with E-state index in [2.05, 4.69) is 10.1 Å². The average Bonchev–Trinajstić information content (AvgIpc) is 3.35. The summed E-state index contributed by atoms with van der Waals surface area (Å²) in [6.07, 6.45) is 3.39. The summed E-state index contributed by atoms with van der Waals surface area (Å²) in [6.45, 7) is 1.02. The molecule has 1 saturated heterocycles. The summed E-state index contributed by atoms with van der Waals surface area (Å²) < 4.78 is 56.2. The third kappa shape index (κ3) is 7.36. The Labute approximate surface area is 212 Å². The van der Waals surface area contributed by atoms with Crippen molar-refractivity contribution in [2.45, 2.75) is 63.7 Å². The predicted octanol–water partition coefficient (Wildman–Crippen LogP) is 2.31. The summed E-state index contributed by atoms with van der Waals surface area (Å²) >= 11 is 0. The molecule has 0 amide bonds. The number of nitrogens with zero attached hydrogens (tertiary/aromatic N) is 1. The van der Waals surface area contributed by atoms with Gasteiger partial charge in [0.25, 0.3) is 0 Å². The Balaban J connectivity index is 1.39. The van der Waals surface area contributed by atoms with Crippen LogP contribution < -0.4 is 25.6 Å². The van der Waals surface area contributed by atoms with E-state index in [0.717, 1.165) is 42.9 Å². The monoisotopic (exact) mass is 541 g/mol. The van der Waals surface area contributed by atoms with Gasteiger partial charge in [-0.25, -0.2) is 4.57 Å². The Morgan fingerprint density at radius 1 is 1.30 bits per heavy atom. The number of aromatic nitrogens is 2. The Hall–Kier alpha value is -2.83. The molecule has 2 fully saturated rings. The van der Waals surface area contributed by atoms with E-state index < -0.39 is 49.6 Å². The first-order chi connectivity index (χ1) is 17.7. The van der Waals surface area contributed by atoms with E-state index in [1.165, 1.54) is 6.92 Å². The van der Waals surface area contributed by atoms with Gasteiger partial charge >= 0.3 is 19.4 Å². The van der Waals surface area contributed by atoms with E-state index >= 15 is 0 Å². The summed E-state index contributed by atoms with van der Waals surface area (Å²) in [5, 5.41) is 2.62. The Morgan fingerprint density at radius 3 is 2.76 bits per heavy atom. The van der Waals surface area contributed by atoms with Gasteiger partial charge in [-0.2, -0.15) is 23.8 Å². The number of halogens is 1. The van der Waals surface area contributed by atoms with Crippen molar-refractivity contribution in [3.05, 3.63) is 52.8 Å². The number of H-pyrrole nitrogens is 1. The van der Waals surface area contributed by atoms with Crippen molar-refractivity contribution in [2.24, 2.45) is 0 Å². The van der Waals surface area contributed by atoms with E-state index in [-0.39, 0.29) is 25.1 Å². The third-order valence-electron chi connectivity index (χ3n) is 5.92. The lowest BCUT2D eigenvalue weighted by Crippen LogP contribution is -2.56. The lowest BCUT2D eigenvalue weighted by molar-refractivity contribution is -0.772. The predicted molar refractivity (Wildman–Crippen MR) is 128 cm³/mol. The number of carbonyl (C=O) groups excluding carboxylic acids is 1. The van der Waals surface area contributed by atoms with Crippen LogP contribution in [0.25, 0.3) is 0 Å². The van der Waals surface area contributed by atoms with Gasteiger partial charge in [0.15, 0.2) is 6.29 Å². The van der Waals surface area contributed by atoms with Gasteiger partial charge in [0.1, 0.15) is 37.3 Å². The molecule has 1 aliphatic carbocycles. The molecule has 4 atom stereocenters. The smallest absolute Gasteiger partial charge is 0.461 e. The maximum absolute atomic E-state index is 13.8. The van der Waals surface area contributed by atoms with Crippen LogP contribution in [0.2, 0.25) is 0 Å². The van der Waals surface area contributed by atoms with Gasteiger partial charge in [-0.3, -0.25) is 9.32 Å².